The normalized spacial score (nSPS) is 10.8. The van der Waals surface area contributed by atoms with Crippen LogP contribution in [0.3, 0.4) is 0 Å². The minimum absolute atomic E-state index is 0.00102. The SMILES string of the molecule is COc1ccc2ccccc2c1CCC(=O)NCc1ccc(-c2ccoc2)nc1. The third-order valence-electron chi connectivity index (χ3n) is 4.95. The van der Waals surface area contributed by atoms with Gasteiger partial charge in [0.2, 0.25) is 5.91 Å². The largest absolute Gasteiger partial charge is 0.496 e. The maximum atomic E-state index is 12.4. The molecule has 0 bridgehead atoms. The van der Waals surface area contributed by atoms with Crippen molar-refractivity contribution in [2.45, 2.75) is 19.4 Å². The molecule has 4 aromatic rings. The van der Waals surface area contributed by atoms with Gasteiger partial charge < -0.3 is 14.5 Å². The summed E-state index contributed by atoms with van der Waals surface area (Å²) in [5.41, 5.74) is 3.79. The molecule has 0 saturated carbocycles. The standard InChI is InChI=1S/C24H22N2O3/c1-28-23-10-7-18-4-2-3-5-20(18)21(23)8-11-24(27)26-15-17-6-9-22(25-14-17)19-12-13-29-16-19/h2-7,9-10,12-14,16H,8,11,15H2,1H3,(H,26,27). The van der Waals surface area contributed by atoms with E-state index in [0.717, 1.165) is 38.9 Å². The van der Waals surface area contributed by atoms with Gasteiger partial charge in [0.15, 0.2) is 0 Å². The van der Waals surface area contributed by atoms with Gasteiger partial charge in [-0.25, -0.2) is 0 Å². The summed E-state index contributed by atoms with van der Waals surface area (Å²) in [6, 6.07) is 17.9. The van der Waals surface area contributed by atoms with Crippen molar-refractivity contribution in [2.75, 3.05) is 7.11 Å². The van der Waals surface area contributed by atoms with E-state index in [-0.39, 0.29) is 5.91 Å². The molecule has 4 rings (SSSR count). The van der Waals surface area contributed by atoms with Crippen LogP contribution < -0.4 is 10.1 Å². The van der Waals surface area contributed by atoms with Crippen molar-refractivity contribution in [3.63, 3.8) is 0 Å². The number of pyridine rings is 1. The third-order valence-corrected chi connectivity index (χ3v) is 4.95. The van der Waals surface area contributed by atoms with Crippen molar-refractivity contribution in [3.8, 4) is 17.0 Å². The van der Waals surface area contributed by atoms with Crippen LogP contribution in [-0.2, 0) is 17.8 Å². The molecule has 0 aliphatic heterocycles. The predicted molar refractivity (Wildman–Crippen MR) is 113 cm³/mol. The maximum absolute atomic E-state index is 12.4. The molecule has 146 valence electrons. The summed E-state index contributed by atoms with van der Waals surface area (Å²) in [5, 5.41) is 5.24. The van der Waals surface area contributed by atoms with E-state index in [9.17, 15) is 4.79 Å². The number of fused-ring (bicyclic) bond motifs is 1. The van der Waals surface area contributed by atoms with Crippen LogP contribution in [0.4, 0.5) is 0 Å². The lowest BCUT2D eigenvalue weighted by molar-refractivity contribution is -0.121. The Bertz CT molecular complexity index is 1100. The highest BCUT2D eigenvalue weighted by atomic mass is 16.5. The number of furan rings is 1. The first-order valence-electron chi connectivity index (χ1n) is 9.53. The molecule has 2 aromatic heterocycles. The fraction of sp³-hybridized carbons (Fsp3) is 0.167. The Morgan fingerprint density at radius 1 is 1.10 bits per heavy atom. The first-order chi connectivity index (χ1) is 14.2. The minimum Gasteiger partial charge on any atom is -0.496 e. The molecule has 5 heteroatoms. The highest BCUT2D eigenvalue weighted by Gasteiger charge is 2.11. The minimum atomic E-state index is -0.00102. The Balaban J connectivity index is 1.37. The van der Waals surface area contributed by atoms with Crippen molar-refractivity contribution >= 4 is 16.7 Å². The van der Waals surface area contributed by atoms with Crippen LogP contribution in [0, 0.1) is 0 Å². The van der Waals surface area contributed by atoms with Crippen molar-refractivity contribution in [3.05, 3.63) is 84.4 Å². The van der Waals surface area contributed by atoms with Crippen molar-refractivity contribution in [2.24, 2.45) is 0 Å². The van der Waals surface area contributed by atoms with Gasteiger partial charge in [-0.05, 0) is 41.0 Å². The van der Waals surface area contributed by atoms with Gasteiger partial charge in [0, 0.05) is 30.3 Å². The van der Waals surface area contributed by atoms with Crippen molar-refractivity contribution in [1.82, 2.24) is 10.3 Å². The number of carbonyl (C=O) groups is 1. The molecule has 2 aromatic carbocycles. The van der Waals surface area contributed by atoms with E-state index in [0.29, 0.717) is 19.4 Å². The van der Waals surface area contributed by atoms with E-state index in [4.69, 9.17) is 9.15 Å². The summed E-state index contributed by atoms with van der Waals surface area (Å²) < 4.78 is 10.6. The average molecular weight is 386 g/mol. The average Bonchev–Trinajstić information content (AvgIpc) is 3.31. The zero-order valence-corrected chi connectivity index (χ0v) is 16.2. The topological polar surface area (TPSA) is 64.4 Å². The second kappa shape index (κ2) is 8.61. The van der Waals surface area contributed by atoms with Crippen LogP contribution in [0.15, 0.2) is 77.7 Å². The number of carbonyl (C=O) groups excluding carboxylic acids is 1. The summed E-state index contributed by atoms with van der Waals surface area (Å²) in [4.78, 5) is 16.8. The smallest absolute Gasteiger partial charge is 0.220 e. The number of hydrogen-bond acceptors (Lipinski definition) is 4. The van der Waals surface area contributed by atoms with E-state index < -0.39 is 0 Å². The summed E-state index contributed by atoms with van der Waals surface area (Å²) >= 11 is 0. The number of ether oxygens (including phenoxy) is 1. The number of aromatic nitrogens is 1. The lowest BCUT2D eigenvalue weighted by atomic mass is 9.99. The summed E-state index contributed by atoms with van der Waals surface area (Å²) in [7, 11) is 1.66. The number of nitrogens with one attached hydrogen (secondary N) is 1. The summed E-state index contributed by atoms with van der Waals surface area (Å²) in [6.45, 7) is 0.449. The van der Waals surface area contributed by atoms with Gasteiger partial charge in [0.1, 0.15) is 5.75 Å². The van der Waals surface area contributed by atoms with Gasteiger partial charge in [0.25, 0.3) is 0 Å². The predicted octanol–water partition coefficient (Wildman–Crippen LogP) is 4.75. The van der Waals surface area contributed by atoms with Gasteiger partial charge in [-0.2, -0.15) is 0 Å². The molecule has 1 N–H and O–H groups in total. The maximum Gasteiger partial charge on any atom is 0.220 e. The molecule has 0 unspecified atom stereocenters. The number of rotatable bonds is 7. The van der Waals surface area contributed by atoms with Crippen LogP contribution in [0.5, 0.6) is 5.75 Å². The zero-order chi connectivity index (χ0) is 20.1. The molecule has 0 spiro atoms. The van der Waals surface area contributed by atoms with Crippen LogP contribution >= 0.6 is 0 Å². The summed E-state index contributed by atoms with van der Waals surface area (Å²) in [6.07, 6.45) is 6.07. The first-order valence-corrected chi connectivity index (χ1v) is 9.53. The highest BCUT2D eigenvalue weighted by Crippen LogP contribution is 2.29. The lowest BCUT2D eigenvalue weighted by Gasteiger charge is -2.12. The first kappa shape index (κ1) is 18.7. The molecule has 0 aliphatic carbocycles. The van der Waals surface area contributed by atoms with E-state index in [1.54, 1.807) is 25.8 Å². The fourth-order valence-electron chi connectivity index (χ4n) is 3.40. The zero-order valence-electron chi connectivity index (χ0n) is 16.2. The van der Waals surface area contributed by atoms with E-state index in [1.165, 1.54) is 0 Å². The van der Waals surface area contributed by atoms with E-state index >= 15 is 0 Å². The van der Waals surface area contributed by atoms with E-state index in [2.05, 4.69) is 22.4 Å². The molecule has 0 aliphatic rings. The fourth-order valence-corrected chi connectivity index (χ4v) is 3.40. The Morgan fingerprint density at radius 3 is 2.76 bits per heavy atom. The number of amides is 1. The molecule has 29 heavy (non-hydrogen) atoms. The van der Waals surface area contributed by atoms with Crippen molar-refractivity contribution < 1.29 is 13.9 Å². The van der Waals surface area contributed by atoms with Crippen LogP contribution in [0.2, 0.25) is 0 Å². The quantitative estimate of drug-likeness (QED) is 0.498. The van der Waals surface area contributed by atoms with Gasteiger partial charge in [-0.3, -0.25) is 9.78 Å². The molecule has 5 nitrogen and oxygen atoms in total. The van der Waals surface area contributed by atoms with Crippen LogP contribution in [0.1, 0.15) is 17.5 Å². The monoisotopic (exact) mass is 386 g/mol. The van der Waals surface area contributed by atoms with Gasteiger partial charge in [-0.15, -0.1) is 0 Å². The number of benzene rings is 2. The third kappa shape index (κ3) is 4.29. The van der Waals surface area contributed by atoms with Gasteiger partial charge >= 0.3 is 0 Å². The molecular formula is C24H22N2O3. The molecule has 0 radical (unpaired) electrons. The van der Waals surface area contributed by atoms with Gasteiger partial charge in [-0.1, -0.05) is 36.4 Å². The van der Waals surface area contributed by atoms with Gasteiger partial charge in [0.05, 0.1) is 25.3 Å². The van der Waals surface area contributed by atoms with Crippen molar-refractivity contribution in [1.29, 1.82) is 0 Å². The number of nitrogens with zero attached hydrogens (tertiary/aromatic N) is 1. The number of hydrogen-bond donors (Lipinski definition) is 1. The molecule has 0 fully saturated rings. The molecular weight excluding hydrogens is 364 g/mol. The number of methoxy groups -OCH3 is 1. The Labute approximate surface area is 169 Å². The lowest BCUT2D eigenvalue weighted by Crippen LogP contribution is -2.23. The van der Waals surface area contributed by atoms with E-state index in [1.807, 2.05) is 42.5 Å². The molecule has 0 saturated heterocycles. The Kier molecular flexibility index (Phi) is 5.56. The molecule has 0 atom stereocenters. The second-order valence-electron chi connectivity index (χ2n) is 6.81. The summed E-state index contributed by atoms with van der Waals surface area (Å²) in [5.74, 6) is 0.814. The van der Waals surface area contributed by atoms with Crippen LogP contribution in [0.25, 0.3) is 22.0 Å². The molecule has 1 amide bonds. The van der Waals surface area contributed by atoms with Crippen LogP contribution in [-0.4, -0.2) is 18.0 Å². The number of aryl methyl sites for hydroxylation is 1. The second-order valence-corrected chi connectivity index (χ2v) is 6.81. The Morgan fingerprint density at radius 2 is 2.00 bits per heavy atom. The Hall–Kier alpha value is -3.60. The highest BCUT2D eigenvalue weighted by molar-refractivity contribution is 5.88. The molecule has 2 heterocycles.